The number of carbonyl (C=O) groups is 2. The van der Waals surface area contributed by atoms with Gasteiger partial charge in [0.1, 0.15) is 5.75 Å². The minimum Gasteiger partial charge on any atom is -0.508 e. The van der Waals surface area contributed by atoms with Crippen LogP contribution in [0.15, 0.2) is 42.5 Å². The predicted molar refractivity (Wildman–Crippen MR) is 71.8 cm³/mol. The summed E-state index contributed by atoms with van der Waals surface area (Å²) in [4.78, 5) is 22.2. The van der Waals surface area contributed by atoms with Crippen LogP contribution in [-0.2, 0) is 0 Å². The fourth-order valence-corrected chi connectivity index (χ4v) is 1.75. The first-order valence-corrected chi connectivity index (χ1v) is 5.64. The molecule has 0 unspecified atom stereocenters. The Kier molecular flexibility index (Phi) is 3.56. The van der Waals surface area contributed by atoms with Gasteiger partial charge in [0.2, 0.25) is 0 Å². The van der Waals surface area contributed by atoms with Crippen molar-refractivity contribution in [3.8, 4) is 5.75 Å². The lowest BCUT2D eigenvalue weighted by Gasteiger charge is -2.12. The first-order valence-electron chi connectivity index (χ1n) is 5.64. The molecular formula is C14H11NO5. The Balaban J connectivity index is 2.47. The van der Waals surface area contributed by atoms with E-state index in [9.17, 15) is 14.7 Å². The number of phenols is 1. The highest BCUT2D eigenvalue weighted by molar-refractivity contribution is 5.99. The van der Waals surface area contributed by atoms with Gasteiger partial charge in [-0.25, -0.2) is 9.59 Å². The van der Waals surface area contributed by atoms with E-state index in [0.717, 1.165) is 0 Å². The summed E-state index contributed by atoms with van der Waals surface area (Å²) in [5, 5.41) is 30.3. The number of aromatic carboxylic acids is 2. The molecule has 0 bridgehead atoms. The molecule has 0 saturated carbocycles. The summed E-state index contributed by atoms with van der Waals surface area (Å²) in [7, 11) is 0. The third-order valence-corrected chi connectivity index (χ3v) is 2.66. The number of hydrogen-bond donors (Lipinski definition) is 4. The van der Waals surface area contributed by atoms with Crippen LogP contribution in [0.3, 0.4) is 0 Å². The van der Waals surface area contributed by atoms with Crippen molar-refractivity contribution in [1.29, 1.82) is 0 Å². The van der Waals surface area contributed by atoms with Crippen molar-refractivity contribution in [2.24, 2.45) is 0 Å². The number of carboxylic acids is 2. The average molecular weight is 273 g/mol. The van der Waals surface area contributed by atoms with Crippen LogP contribution in [0.4, 0.5) is 11.4 Å². The first kappa shape index (κ1) is 13.4. The molecule has 102 valence electrons. The van der Waals surface area contributed by atoms with Gasteiger partial charge in [0.25, 0.3) is 0 Å². The first-order chi connectivity index (χ1) is 9.49. The van der Waals surface area contributed by atoms with Gasteiger partial charge in [-0.05, 0) is 24.3 Å². The zero-order valence-electron chi connectivity index (χ0n) is 10.2. The number of anilines is 2. The van der Waals surface area contributed by atoms with Gasteiger partial charge in [-0.1, -0.05) is 12.1 Å². The van der Waals surface area contributed by atoms with Crippen LogP contribution in [0.2, 0.25) is 0 Å². The maximum atomic E-state index is 11.1. The quantitative estimate of drug-likeness (QED) is 0.682. The summed E-state index contributed by atoms with van der Waals surface area (Å²) in [6.07, 6.45) is 0. The van der Waals surface area contributed by atoms with Gasteiger partial charge in [-0.15, -0.1) is 0 Å². The van der Waals surface area contributed by atoms with Gasteiger partial charge in [0.15, 0.2) is 0 Å². The number of phenolic OH excluding ortho intramolecular Hbond substituents is 1. The highest BCUT2D eigenvalue weighted by Gasteiger charge is 2.14. The second kappa shape index (κ2) is 5.31. The molecule has 0 saturated heterocycles. The maximum absolute atomic E-state index is 11.1. The van der Waals surface area contributed by atoms with E-state index in [1.807, 2.05) is 0 Å². The molecule has 6 heteroatoms. The maximum Gasteiger partial charge on any atom is 0.337 e. The van der Waals surface area contributed by atoms with Gasteiger partial charge in [-0.3, -0.25) is 0 Å². The number of para-hydroxylation sites is 1. The van der Waals surface area contributed by atoms with Gasteiger partial charge in [0.05, 0.1) is 22.5 Å². The van der Waals surface area contributed by atoms with Crippen molar-refractivity contribution in [2.75, 3.05) is 5.32 Å². The minimum absolute atomic E-state index is 0.00665. The zero-order valence-corrected chi connectivity index (χ0v) is 10.2. The highest BCUT2D eigenvalue weighted by Crippen LogP contribution is 2.27. The molecule has 2 aromatic carbocycles. The second-order valence-corrected chi connectivity index (χ2v) is 4.01. The van der Waals surface area contributed by atoms with Crippen molar-refractivity contribution in [3.63, 3.8) is 0 Å². The van der Waals surface area contributed by atoms with Crippen LogP contribution in [-0.4, -0.2) is 27.3 Å². The molecule has 2 aromatic rings. The van der Waals surface area contributed by atoms with Crippen LogP contribution >= 0.6 is 0 Å². The summed E-state index contributed by atoms with van der Waals surface area (Å²) in [5.74, 6) is -2.43. The number of hydrogen-bond acceptors (Lipinski definition) is 4. The Morgan fingerprint density at radius 1 is 0.850 bits per heavy atom. The van der Waals surface area contributed by atoms with Gasteiger partial charge in [0, 0.05) is 6.07 Å². The monoisotopic (exact) mass is 273 g/mol. The molecule has 0 aliphatic carbocycles. The molecular weight excluding hydrogens is 262 g/mol. The van der Waals surface area contributed by atoms with E-state index in [0.29, 0.717) is 0 Å². The topological polar surface area (TPSA) is 107 Å². The summed E-state index contributed by atoms with van der Waals surface area (Å²) in [5.41, 5.74) is 0.300. The van der Waals surface area contributed by atoms with Gasteiger partial charge >= 0.3 is 11.9 Å². The number of benzene rings is 2. The van der Waals surface area contributed by atoms with Crippen LogP contribution in [0.25, 0.3) is 0 Å². The molecule has 4 N–H and O–H groups in total. The molecule has 0 aromatic heterocycles. The highest BCUT2D eigenvalue weighted by atomic mass is 16.4. The van der Waals surface area contributed by atoms with Crippen molar-refractivity contribution in [3.05, 3.63) is 53.6 Å². The summed E-state index contributed by atoms with van der Waals surface area (Å²) >= 11 is 0. The van der Waals surface area contributed by atoms with E-state index in [4.69, 9.17) is 10.2 Å². The van der Waals surface area contributed by atoms with Crippen molar-refractivity contribution < 1.29 is 24.9 Å². The number of carboxylic acid groups (broad SMARTS) is 2. The van der Waals surface area contributed by atoms with E-state index in [1.54, 1.807) is 12.1 Å². The molecule has 0 aliphatic rings. The standard InChI is InChI=1S/C14H11NO5/c16-8-5-6-10(14(19)20)12(7-8)15-11-4-2-1-3-9(11)13(17)18/h1-7,15-16H,(H,17,18)(H,19,20). The molecule has 0 fully saturated rings. The summed E-state index contributed by atoms with van der Waals surface area (Å²) in [6, 6.07) is 9.81. The molecule has 0 radical (unpaired) electrons. The van der Waals surface area contributed by atoms with Crippen molar-refractivity contribution >= 4 is 23.3 Å². The number of aromatic hydroxyl groups is 1. The van der Waals surface area contributed by atoms with Gasteiger partial charge in [-0.2, -0.15) is 0 Å². The Hall–Kier alpha value is -3.02. The fraction of sp³-hybridized carbons (Fsp3) is 0. The van der Waals surface area contributed by atoms with E-state index >= 15 is 0 Å². The fourth-order valence-electron chi connectivity index (χ4n) is 1.75. The van der Waals surface area contributed by atoms with Gasteiger partial charge < -0.3 is 20.6 Å². The number of rotatable bonds is 4. The third kappa shape index (κ3) is 2.69. The Labute approximate surface area is 113 Å². The van der Waals surface area contributed by atoms with Crippen LogP contribution < -0.4 is 5.32 Å². The molecule has 0 heterocycles. The molecule has 0 aliphatic heterocycles. The minimum atomic E-state index is -1.18. The van der Waals surface area contributed by atoms with Crippen LogP contribution in [0, 0.1) is 0 Å². The smallest absolute Gasteiger partial charge is 0.337 e. The zero-order chi connectivity index (χ0) is 14.7. The second-order valence-electron chi connectivity index (χ2n) is 4.01. The van der Waals surface area contributed by atoms with Crippen LogP contribution in [0.1, 0.15) is 20.7 Å². The Morgan fingerprint density at radius 3 is 2.10 bits per heavy atom. The molecule has 0 spiro atoms. The summed E-state index contributed by atoms with van der Waals surface area (Å²) < 4.78 is 0. The van der Waals surface area contributed by atoms with Crippen molar-refractivity contribution in [1.82, 2.24) is 0 Å². The van der Waals surface area contributed by atoms with E-state index < -0.39 is 11.9 Å². The largest absolute Gasteiger partial charge is 0.508 e. The lowest BCUT2D eigenvalue weighted by Crippen LogP contribution is -2.06. The Bertz CT molecular complexity index is 681. The third-order valence-electron chi connectivity index (χ3n) is 2.66. The van der Waals surface area contributed by atoms with E-state index in [2.05, 4.69) is 5.32 Å². The predicted octanol–water partition coefficient (Wildman–Crippen LogP) is 2.53. The normalized spacial score (nSPS) is 10.0. The van der Waals surface area contributed by atoms with Crippen LogP contribution in [0.5, 0.6) is 5.75 Å². The molecule has 6 nitrogen and oxygen atoms in total. The molecule has 0 amide bonds. The molecule has 2 rings (SSSR count). The average Bonchev–Trinajstić information content (AvgIpc) is 2.38. The SMILES string of the molecule is O=C(O)c1ccccc1Nc1cc(O)ccc1C(=O)O. The van der Waals surface area contributed by atoms with E-state index in [-0.39, 0.29) is 28.3 Å². The summed E-state index contributed by atoms with van der Waals surface area (Å²) in [6.45, 7) is 0. The Morgan fingerprint density at radius 2 is 1.45 bits per heavy atom. The van der Waals surface area contributed by atoms with E-state index in [1.165, 1.54) is 30.3 Å². The van der Waals surface area contributed by atoms with Crippen molar-refractivity contribution in [2.45, 2.75) is 0 Å². The molecule has 20 heavy (non-hydrogen) atoms. The lowest BCUT2D eigenvalue weighted by atomic mass is 10.1. The lowest BCUT2D eigenvalue weighted by molar-refractivity contribution is 0.0688. The molecule has 0 atom stereocenters. The number of nitrogens with one attached hydrogen (secondary N) is 1.